The monoisotopic (exact) mass is 305 g/mol. The summed E-state index contributed by atoms with van der Waals surface area (Å²) in [5.41, 5.74) is 4.09. The molecule has 0 radical (unpaired) electrons. The number of nitrogens with one attached hydrogen (secondary N) is 1. The Bertz CT molecular complexity index is 625. The summed E-state index contributed by atoms with van der Waals surface area (Å²) in [5, 5.41) is 4.30. The molecule has 0 saturated heterocycles. The van der Waals surface area contributed by atoms with Crippen molar-refractivity contribution < 1.29 is 4.39 Å². The minimum absolute atomic E-state index is 0.0158. The van der Waals surface area contributed by atoms with Crippen molar-refractivity contribution in [2.75, 3.05) is 6.54 Å². The third-order valence-electron chi connectivity index (χ3n) is 3.67. The Morgan fingerprint density at radius 3 is 2.52 bits per heavy atom. The molecule has 1 atom stereocenters. The maximum atomic E-state index is 13.4. The molecule has 1 unspecified atom stereocenters. The summed E-state index contributed by atoms with van der Waals surface area (Å²) in [4.78, 5) is 0. The molecule has 0 aliphatic carbocycles. The molecule has 0 aliphatic rings. The zero-order valence-corrected chi connectivity index (χ0v) is 13.5. The Kier molecular flexibility index (Phi) is 5.38. The van der Waals surface area contributed by atoms with Crippen molar-refractivity contribution in [1.82, 2.24) is 5.32 Å². The molecular weight excluding hydrogens is 285 g/mol. The van der Waals surface area contributed by atoms with Gasteiger partial charge in [-0.2, -0.15) is 0 Å². The van der Waals surface area contributed by atoms with E-state index >= 15 is 0 Å². The third kappa shape index (κ3) is 3.63. The molecule has 1 nitrogen and oxygen atoms in total. The van der Waals surface area contributed by atoms with Gasteiger partial charge in [-0.25, -0.2) is 4.39 Å². The van der Waals surface area contributed by atoms with E-state index in [4.69, 9.17) is 11.6 Å². The predicted molar refractivity (Wildman–Crippen MR) is 87.5 cm³/mol. The second-order valence-electron chi connectivity index (χ2n) is 5.37. The van der Waals surface area contributed by atoms with Crippen molar-refractivity contribution in [3.63, 3.8) is 0 Å². The minimum Gasteiger partial charge on any atom is -0.306 e. The van der Waals surface area contributed by atoms with Gasteiger partial charge in [0, 0.05) is 5.02 Å². The second kappa shape index (κ2) is 7.06. The summed E-state index contributed by atoms with van der Waals surface area (Å²) in [6.45, 7) is 6.94. The van der Waals surface area contributed by atoms with Crippen molar-refractivity contribution in [2.45, 2.75) is 33.2 Å². The van der Waals surface area contributed by atoms with E-state index in [1.165, 1.54) is 6.07 Å². The molecule has 0 heterocycles. The quantitative estimate of drug-likeness (QED) is 0.802. The molecule has 21 heavy (non-hydrogen) atoms. The topological polar surface area (TPSA) is 12.0 Å². The Balaban J connectivity index is 2.49. The first-order valence-corrected chi connectivity index (χ1v) is 7.66. The molecule has 3 heteroatoms. The van der Waals surface area contributed by atoms with Crippen LogP contribution in [-0.2, 0) is 0 Å². The van der Waals surface area contributed by atoms with Crippen molar-refractivity contribution in [3.8, 4) is 0 Å². The molecule has 2 aromatic carbocycles. The van der Waals surface area contributed by atoms with E-state index in [9.17, 15) is 4.39 Å². The molecule has 0 aromatic heterocycles. The number of halogens is 2. The zero-order valence-electron chi connectivity index (χ0n) is 12.7. The predicted octanol–water partition coefficient (Wildman–Crippen LogP) is 5.18. The lowest BCUT2D eigenvalue weighted by molar-refractivity contribution is 0.590. The summed E-state index contributed by atoms with van der Waals surface area (Å²) >= 11 is 6.49. The fourth-order valence-corrected chi connectivity index (χ4v) is 2.77. The minimum atomic E-state index is -0.208. The standard InChI is InChI=1S/C18H21ClFN/c1-4-10-21-18(15-9-8-14(20)11-13(15)3)16-7-5-6-12(2)17(16)19/h5-9,11,18,21H,4,10H2,1-3H3. The maximum Gasteiger partial charge on any atom is 0.123 e. The van der Waals surface area contributed by atoms with E-state index in [2.05, 4.69) is 12.2 Å². The van der Waals surface area contributed by atoms with Crippen molar-refractivity contribution in [2.24, 2.45) is 0 Å². The largest absolute Gasteiger partial charge is 0.306 e. The molecule has 0 saturated carbocycles. The van der Waals surface area contributed by atoms with Crippen LogP contribution in [0.2, 0.25) is 5.02 Å². The van der Waals surface area contributed by atoms with Crippen molar-refractivity contribution >= 4 is 11.6 Å². The van der Waals surface area contributed by atoms with Crippen LogP contribution in [0.4, 0.5) is 4.39 Å². The van der Waals surface area contributed by atoms with Crippen LogP contribution in [0.25, 0.3) is 0 Å². The molecular formula is C18H21ClFN. The lowest BCUT2D eigenvalue weighted by atomic mass is 9.93. The molecule has 0 aliphatic heterocycles. The van der Waals surface area contributed by atoms with Gasteiger partial charge in [-0.05, 0) is 61.2 Å². The summed E-state index contributed by atoms with van der Waals surface area (Å²) in [6.07, 6.45) is 1.03. The second-order valence-corrected chi connectivity index (χ2v) is 5.74. The maximum absolute atomic E-state index is 13.4. The van der Waals surface area contributed by atoms with E-state index in [-0.39, 0.29) is 11.9 Å². The number of hydrogen-bond donors (Lipinski definition) is 1. The van der Waals surface area contributed by atoms with Gasteiger partial charge < -0.3 is 5.32 Å². The van der Waals surface area contributed by atoms with Crippen molar-refractivity contribution in [1.29, 1.82) is 0 Å². The number of rotatable bonds is 5. The fraction of sp³-hybridized carbons (Fsp3) is 0.333. The Morgan fingerprint density at radius 2 is 1.86 bits per heavy atom. The van der Waals surface area contributed by atoms with Crippen LogP contribution in [0.3, 0.4) is 0 Å². The van der Waals surface area contributed by atoms with Crippen LogP contribution in [0.5, 0.6) is 0 Å². The SMILES string of the molecule is CCCNC(c1ccc(F)cc1C)c1cccc(C)c1Cl. The van der Waals surface area contributed by atoms with Crippen LogP contribution in [0.15, 0.2) is 36.4 Å². The third-order valence-corrected chi connectivity index (χ3v) is 4.19. The summed E-state index contributed by atoms with van der Waals surface area (Å²) in [5.74, 6) is -0.208. The van der Waals surface area contributed by atoms with E-state index < -0.39 is 0 Å². The highest BCUT2D eigenvalue weighted by molar-refractivity contribution is 6.32. The first-order valence-electron chi connectivity index (χ1n) is 7.29. The molecule has 0 spiro atoms. The fourth-order valence-electron chi connectivity index (χ4n) is 2.53. The van der Waals surface area contributed by atoms with Crippen LogP contribution in [0, 0.1) is 19.7 Å². The zero-order chi connectivity index (χ0) is 15.4. The van der Waals surface area contributed by atoms with Gasteiger partial charge in [-0.15, -0.1) is 0 Å². The molecule has 0 bridgehead atoms. The van der Waals surface area contributed by atoms with E-state index in [0.717, 1.165) is 40.2 Å². The average Bonchev–Trinajstić information content (AvgIpc) is 2.45. The number of benzene rings is 2. The first-order chi connectivity index (χ1) is 10.0. The van der Waals surface area contributed by atoms with E-state index in [1.54, 1.807) is 6.07 Å². The summed E-state index contributed by atoms with van der Waals surface area (Å²) < 4.78 is 13.4. The van der Waals surface area contributed by atoms with Crippen LogP contribution in [-0.4, -0.2) is 6.54 Å². The van der Waals surface area contributed by atoms with Gasteiger partial charge in [-0.3, -0.25) is 0 Å². The van der Waals surface area contributed by atoms with E-state index in [1.807, 2.05) is 38.1 Å². The molecule has 0 fully saturated rings. The van der Waals surface area contributed by atoms with Gasteiger partial charge in [0.2, 0.25) is 0 Å². The highest BCUT2D eigenvalue weighted by atomic mass is 35.5. The van der Waals surface area contributed by atoms with Crippen molar-refractivity contribution in [3.05, 3.63) is 69.5 Å². The first kappa shape index (κ1) is 16.0. The lowest BCUT2D eigenvalue weighted by Crippen LogP contribution is -2.24. The highest BCUT2D eigenvalue weighted by Crippen LogP contribution is 2.32. The molecule has 112 valence electrons. The number of aryl methyl sites for hydroxylation is 2. The van der Waals surface area contributed by atoms with Crippen LogP contribution < -0.4 is 5.32 Å². The average molecular weight is 306 g/mol. The van der Waals surface area contributed by atoms with Gasteiger partial charge in [-0.1, -0.05) is 42.8 Å². The molecule has 0 amide bonds. The number of hydrogen-bond acceptors (Lipinski definition) is 1. The van der Waals surface area contributed by atoms with Gasteiger partial charge in [0.05, 0.1) is 6.04 Å². The normalized spacial score (nSPS) is 12.4. The Hall–Kier alpha value is -1.38. The van der Waals surface area contributed by atoms with Gasteiger partial charge in [0.25, 0.3) is 0 Å². The molecule has 1 N–H and O–H groups in total. The van der Waals surface area contributed by atoms with Crippen LogP contribution in [0.1, 0.15) is 41.6 Å². The Labute approximate surface area is 131 Å². The van der Waals surface area contributed by atoms with E-state index in [0.29, 0.717) is 0 Å². The van der Waals surface area contributed by atoms with Gasteiger partial charge >= 0.3 is 0 Å². The van der Waals surface area contributed by atoms with Gasteiger partial charge in [0.15, 0.2) is 0 Å². The highest BCUT2D eigenvalue weighted by Gasteiger charge is 2.19. The van der Waals surface area contributed by atoms with Gasteiger partial charge in [0.1, 0.15) is 5.82 Å². The lowest BCUT2D eigenvalue weighted by Gasteiger charge is -2.23. The molecule has 2 aromatic rings. The summed E-state index contributed by atoms with van der Waals surface area (Å²) in [7, 11) is 0. The van der Waals surface area contributed by atoms with Crippen LogP contribution >= 0.6 is 11.6 Å². The molecule has 2 rings (SSSR count). The Morgan fingerprint density at radius 1 is 1.10 bits per heavy atom. The smallest absolute Gasteiger partial charge is 0.123 e. The summed E-state index contributed by atoms with van der Waals surface area (Å²) in [6, 6.07) is 10.9.